The summed E-state index contributed by atoms with van der Waals surface area (Å²) in [5.41, 5.74) is 0.304. The predicted octanol–water partition coefficient (Wildman–Crippen LogP) is 5.54. The van der Waals surface area contributed by atoms with E-state index < -0.39 is 11.6 Å². The quantitative estimate of drug-likeness (QED) is 0.495. The second-order valence-corrected chi connectivity index (χ2v) is 9.38. The van der Waals surface area contributed by atoms with E-state index in [1.54, 1.807) is 0 Å². The van der Waals surface area contributed by atoms with E-state index in [1.165, 1.54) is 17.0 Å². The van der Waals surface area contributed by atoms with Gasteiger partial charge >= 0.3 is 0 Å². The summed E-state index contributed by atoms with van der Waals surface area (Å²) in [5, 5.41) is 0.289. The number of rotatable bonds is 6. The highest BCUT2D eigenvalue weighted by Gasteiger charge is 2.25. The molecule has 10 heteroatoms. The Kier molecular flexibility index (Phi) is 6.32. The average Bonchev–Trinajstić information content (AvgIpc) is 3.13. The van der Waals surface area contributed by atoms with E-state index in [0.29, 0.717) is 22.0 Å². The Morgan fingerprint density at radius 2 is 1.89 bits per heavy atom. The number of hydrogen-bond donors (Lipinski definition) is 0. The SMILES string of the molecule is CN(C)CCCN(C(=O)c1cc(Cl)sc1Cl)c1nc2c(F)cc(F)cc2s1. The number of carbonyl (C=O) groups excluding carboxylic acids is 1. The minimum atomic E-state index is -0.759. The van der Waals surface area contributed by atoms with Crippen molar-refractivity contribution in [2.24, 2.45) is 0 Å². The van der Waals surface area contributed by atoms with E-state index in [1.807, 2.05) is 19.0 Å². The molecule has 0 unspecified atom stereocenters. The van der Waals surface area contributed by atoms with Crippen LogP contribution in [0, 0.1) is 11.6 Å². The van der Waals surface area contributed by atoms with E-state index in [2.05, 4.69) is 4.98 Å². The van der Waals surface area contributed by atoms with Crippen molar-refractivity contribution in [3.8, 4) is 0 Å². The molecule has 0 atom stereocenters. The summed E-state index contributed by atoms with van der Waals surface area (Å²) in [5.74, 6) is -1.82. The molecule has 1 aromatic carbocycles. The van der Waals surface area contributed by atoms with Gasteiger partial charge in [-0.3, -0.25) is 9.69 Å². The molecule has 0 aliphatic heterocycles. The van der Waals surface area contributed by atoms with Gasteiger partial charge in [0, 0.05) is 12.6 Å². The van der Waals surface area contributed by atoms with E-state index in [-0.39, 0.29) is 26.5 Å². The maximum Gasteiger partial charge on any atom is 0.262 e. The van der Waals surface area contributed by atoms with Crippen molar-refractivity contribution in [3.63, 3.8) is 0 Å². The van der Waals surface area contributed by atoms with Gasteiger partial charge in [-0.25, -0.2) is 13.8 Å². The fraction of sp³-hybridized carbons (Fsp3) is 0.294. The zero-order valence-electron chi connectivity index (χ0n) is 14.4. The van der Waals surface area contributed by atoms with Crippen LogP contribution in [0.4, 0.5) is 13.9 Å². The largest absolute Gasteiger partial charge is 0.309 e. The lowest BCUT2D eigenvalue weighted by atomic mass is 10.3. The van der Waals surface area contributed by atoms with Gasteiger partial charge in [-0.2, -0.15) is 0 Å². The number of benzene rings is 1. The predicted molar refractivity (Wildman–Crippen MR) is 109 cm³/mol. The standard InChI is InChI=1S/C17H15Cl2F2N3OS2/c1-23(2)4-3-5-24(16(25)10-8-13(18)27-15(10)19)17-22-14-11(21)6-9(20)7-12(14)26-17/h6-8H,3-5H2,1-2H3. The number of carbonyl (C=O) groups is 1. The number of amides is 1. The molecule has 0 aliphatic carbocycles. The number of thiazole rings is 1. The molecule has 0 saturated heterocycles. The van der Waals surface area contributed by atoms with Crippen molar-refractivity contribution < 1.29 is 13.6 Å². The topological polar surface area (TPSA) is 36.4 Å². The first kappa shape index (κ1) is 20.4. The third-order valence-corrected chi connectivity index (χ3v) is 6.27. The number of thiophene rings is 1. The first-order valence-electron chi connectivity index (χ1n) is 7.93. The summed E-state index contributed by atoms with van der Waals surface area (Å²) in [6, 6.07) is 3.49. The Morgan fingerprint density at radius 1 is 1.15 bits per heavy atom. The van der Waals surface area contributed by atoms with Crippen molar-refractivity contribution in [1.82, 2.24) is 9.88 Å². The van der Waals surface area contributed by atoms with Crippen molar-refractivity contribution in [1.29, 1.82) is 0 Å². The minimum absolute atomic E-state index is 0.0382. The van der Waals surface area contributed by atoms with E-state index in [0.717, 1.165) is 35.3 Å². The molecule has 2 heterocycles. The summed E-state index contributed by atoms with van der Waals surface area (Å²) in [4.78, 5) is 20.7. The zero-order chi connectivity index (χ0) is 19.7. The molecule has 0 N–H and O–H groups in total. The van der Waals surface area contributed by atoms with Crippen LogP contribution in [0.15, 0.2) is 18.2 Å². The first-order valence-corrected chi connectivity index (χ1v) is 10.3. The van der Waals surface area contributed by atoms with Gasteiger partial charge in [0.2, 0.25) is 0 Å². The van der Waals surface area contributed by atoms with Crippen LogP contribution < -0.4 is 4.90 Å². The molecule has 4 nitrogen and oxygen atoms in total. The van der Waals surface area contributed by atoms with E-state index in [4.69, 9.17) is 23.2 Å². The molecule has 3 rings (SSSR count). The van der Waals surface area contributed by atoms with Gasteiger partial charge in [0.1, 0.15) is 15.7 Å². The maximum absolute atomic E-state index is 14.0. The van der Waals surface area contributed by atoms with Crippen LogP contribution in [0.3, 0.4) is 0 Å². The summed E-state index contributed by atoms with van der Waals surface area (Å²) in [7, 11) is 3.86. The fourth-order valence-electron chi connectivity index (χ4n) is 2.52. The summed E-state index contributed by atoms with van der Waals surface area (Å²) in [6.45, 7) is 1.10. The van der Waals surface area contributed by atoms with Crippen molar-refractivity contribution >= 4 is 67.1 Å². The molecule has 0 radical (unpaired) electrons. The average molecular weight is 450 g/mol. The number of aromatic nitrogens is 1. The molecule has 144 valence electrons. The second-order valence-electron chi connectivity index (χ2n) is 6.08. The van der Waals surface area contributed by atoms with Crippen LogP contribution in [0.1, 0.15) is 16.8 Å². The van der Waals surface area contributed by atoms with Crippen molar-refractivity contribution in [2.45, 2.75) is 6.42 Å². The molecule has 0 spiro atoms. The van der Waals surface area contributed by atoms with Gasteiger partial charge in [-0.15, -0.1) is 11.3 Å². The van der Waals surface area contributed by atoms with E-state index in [9.17, 15) is 13.6 Å². The number of anilines is 1. The Bertz CT molecular complexity index is 990. The van der Waals surface area contributed by atoms with Gasteiger partial charge in [0.25, 0.3) is 5.91 Å². The Labute approximate surface area is 172 Å². The Morgan fingerprint density at radius 3 is 2.52 bits per heavy atom. The highest BCUT2D eigenvalue weighted by Crippen LogP contribution is 2.35. The molecule has 27 heavy (non-hydrogen) atoms. The molecule has 0 aliphatic rings. The van der Waals surface area contributed by atoms with Gasteiger partial charge in [0.05, 0.1) is 14.6 Å². The van der Waals surface area contributed by atoms with Crippen LogP contribution in [-0.2, 0) is 0 Å². The van der Waals surface area contributed by atoms with Crippen LogP contribution in [-0.4, -0.2) is 43.0 Å². The van der Waals surface area contributed by atoms with Gasteiger partial charge in [-0.1, -0.05) is 34.5 Å². The second kappa shape index (κ2) is 8.36. The number of hydrogen-bond acceptors (Lipinski definition) is 5. The lowest BCUT2D eigenvalue weighted by molar-refractivity contribution is 0.0986. The molecule has 0 bridgehead atoms. The third-order valence-electron chi connectivity index (χ3n) is 3.75. The maximum atomic E-state index is 14.0. The normalized spacial score (nSPS) is 11.5. The van der Waals surface area contributed by atoms with Gasteiger partial charge in [0.15, 0.2) is 10.9 Å². The third kappa shape index (κ3) is 4.57. The Hall–Kier alpha value is -1.32. The van der Waals surface area contributed by atoms with Crippen LogP contribution in [0.5, 0.6) is 0 Å². The summed E-state index contributed by atoms with van der Waals surface area (Å²) < 4.78 is 28.5. The summed E-state index contributed by atoms with van der Waals surface area (Å²) >= 11 is 14.2. The van der Waals surface area contributed by atoms with Crippen LogP contribution >= 0.6 is 45.9 Å². The van der Waals surface area contributed by atoms with Crippen molar-refractivity contribution in [3.05, 3.63) is 44.1 Å². The molecule has 3 aromatic rings. The number of nitrogens with zero attached hydrogens (tertiary/aromatic N) is 3. The number of halogens is 4. The highest BCUT2D eigenvalue weighted by atomic mass is 35.5. The van der Waals surface area contributed by atoms with Gasteiger partial charge < -0.3 is 4.90 Å². The summed E-state index contributed by atoms with van der Waals surface area (Å²) in [6.07, 6.45) is 0.668. The lowest BCUT2D eigenvalue weighted by Gasteiger charge is -2.20. The lowest BCUT2D eigenvalue weighted by Crippen LogP contribution is -2.33. The fourth-order valence-corrected chi connectivity index (χ4v) is 5.00. The molecule has 2 aromatic heterocycles. The highest BCUT2D eigenvalue weighted by molar-refractivity contribution is 7.22. The molecule has 0 fully saturated rings. The minimum Gasteiger partial charge on any atom is -0.309 e. The van der Waals surface area contributed by atoms with Crippen molar-refractivity contribution in [2.75, 3.05) is 32.1 Å². The monoisotopic (exact) mass is 449 g/mol. The zero-order valence-corrected chi connectivity index (χ0v) is 17.6. The van der Waals surface area contributed by atoms with Crippen LogP contribution in [0.2, 0.25) is 8.67 Å². The van der Waals surface area contributed by atoms with Crippen LogP contribution in [0.25, 0.3) is 10.2 Å². The molecular weight excluding hydrogens is 435 g/mol. The smallest absolute Gasteiger partial charge is 0.262 e. The first-order chi connectivity index (χ1) is 12.8. The molecule has 0 saturated carbocycles. The molecule has 1 amide bonds. The molecular formula is C17H15Cl2F2N3OS2. The van der Waals surface area contributed by atoms with Gasteiger partial charge in [-0.05, 0) is 39.2 Å². The Balaban J connectivity index is 2.00. The van der Waals surface area contributed by atoms with E-state index >= 15 is 0 Å². The number of fused-ring (bicyclic) bond motifs is 1.